The van der Waals surface area contributed by atoms with Crippen LogP contribution in [-0.4, -0.2) is 19.1 Å². The third-order valence-corrected chi connectivity index (χ3v) is 1.89. The minimum Gasteiger partial charge on any atom is -0.478 e. The minimum absolute atomic E-state index is 0.850. The van der Waals surface area contributed by atoms with E-state index in [1.807, 2.05) is 0 Å². The van der Waals surface area contributed by atoms with Gasteiger partial charge in [0.05, 0.1) is 8.07 Å². The highest BCUT2D eigenvalue weighted by Crippen LogP contribution is 2.00. The molecule has 0 saturated heterocycles. The van der Waals surface area contributed by atoms with Gasteiger partial charge >= 0.3 is 5.97 Å². The van der Waals surface area contributed by atoms with Gasteiger partial charge in [-0.15, -0.1) is 0 Å². The van der Waals surface area contributed by atoms with Gasteiger partial charge in [-0.25, -0.2) is 4.79 Å². The molecule has 0 spiro atoms. The molecule has 0 aromatic carbocycles. The van der Waals surface area contributed by atoms with Gasteiger partial charge in [-0.3, -0.25) is 0 Å². The molecule has 0 atom stereocenters. The quantitative estimate of drug-likeness (QED) is 0.471. The molecule has 52 valence electrons. The maximum atomic E-state index is 9.98. The van der Waals surface area contributed by atoms with Crippen molar-refractivity contribution >= 4 is 14.0 Å². The Kier molecular flexibility index (Phi) is 2.64. The van der Waals surface area contributed by atoms with Crippen LogP contribution in [-0.2, 0) is 4.79 Å². The Morgan fingerprint density at radius 1 is 1.44 bits per heavy atom. The van der Waals surface area contributed by atoms with Crippen LogP contribution in [0.4, 0.5) is 0 Å². The normalized spacial score (nSPS) is 12.3. The van der Waals surface area contributed by atoms with Crippen LogP contribution in [0.3, 0.4) is 0 Å². The molecule has 0 aliphatic heterocycles. The Morgan fingerprint density at radius 2 is 1.89 bits per heavy atom. The molecule has 0 heterocycles. The number of rotatable bonds is 2. The fourth-order valence-corrected chi connectivity index (χ4v) is 0.964. The van der Waals surface area contributed by atoms with Crippen LogP contribution in [0.2, 0.25) is 19.6 Å². The molecule has 3 heteroatoms. The number of carbonyl (C=O) groups is 1. The summed E-state index contributed by atoms with van der Waals surface area (Å²) in [5.41, 5.74) is 1.80. The molecule has 0 saturated carbocycles. The van der Waals surface area contributed by atoms with Gasteiger partial charge in [0, 0.05) is 6.08 Å². The molecular weight excluding hydrogens is 132 g/mol. The van der Waals surface area contributed by atoms with Crippen molar-refractivity contribution in [1.82, 2.24) is 0 Å². The molecule has 0 aliphatic rings. The lowest BCUT2D eigenvalue weighted by atomic mass is 10.7. The topological polar surface area (TPSA) is 37.3 Å². The third-order valence-electron chi connectivity index (χ3n) is 0.726. The van der Waals surface area contributed by atoms with E-state index in [-0.39, 0.29) is 0 Å². The summed E-state index contributed by atoms with van der Waals surface area (Å²) in [6.07, 6.45) is 1.23. The molecule has 0 amide bonds. The number of carboxylic acid groups (broad SMARTS) is 1. The number of carboxylic acids is 1. The van der Waals surface area contributed by atoms with Crippen molar-refractivity contribution in [2.24, 2.45) is 0 Å². The summed E-state index contributed by atoms with van der Waals surface area (Å²) in [6.45, 7) is 6.27. The maximum absolute atomic E-state index is 9.98. The molecule has 0 rings (SSSR count). The first-order valence-electron chi connectivity index (χ1n) is 2.84. The van der Waals surface area contributed by atoms with Crippen LogP contribution < -0.4 is 0 Å². The van der Waals surface area contributed by atoms with Crippen LogP contribution in [0.5, 0.6) is 0 Å². The van der Waals surface area contributed by atoms with Crippen molar-refractivity contribution in [3.63, 3.8) is 0 Å². The number of hydrogen-bond donors (Lipinski definition) is 1. The summed E-state index contributed by atoms with van der Waals surface area (Å²) in [5, 5.41) is 8.21. The van der Waals surface area contributed by atoms with Crippen molar-refractivity contribution in [2.45, 2.75) is 19.6 Å². The maximum Gasteiger partial charge on any atom is 0.327 e. The fraction of sp³-hybridized carbons (Fsp3) is 0.500. The van der Waals surface area contributed by atoms with Crippen molar-refractivity contribution < 1.29 is 9.90 Å². The SMILES string of the molecule is C[Si](C)(C)/C=C/C(=O)O. The van der Waals surface area contributed by atoms with E-state index < -0.39 is 14.0 Å². The molecule has 0 aromatic rings. The Hall–Kier alpha value is -0.573. The first-order chi connectivity index (χ1) is 3.92. The van der Waals surface area contributed by atoms with Crippen LogP contribution in [0.25, 0.3) is 0 Å². The second-order valence-electron chi connectivity index (χ2n) is 3.04. The largest absolute Gasteiger partial charge is 0.478 e. The summed E-state index contributed by atoms with van der Waals surface area (Å²) >= 11 is 0. The van der Waals surface area contributed by atoms with E-state index in [9.17, 15) is 4.79 Å². The fourth-order valence-electron chi connectivity index (χ4n) is 0.321. The van der Waals surface area contributed by atoms with Gasteiger partial charge in [-0.1, -0.05) is 25.3 Å². The summed E-state index contributed by atoms with van der Waals surface area (Å²) in [5.74, 6) is -0.850. The van der Waals surface area contributed by atoms with E-state index in [2.05, 4.69) is 19.6 Å². The average molecular weight is 144 g/mol. The first kappa shape index (κ1) is 8.43. The molecule has 1 N–H and O–H groups in total. The van der Waals surface area contributed by atoms with E-state index in [1.165, 1.54) is 6.08 Å². The van der Waals surface area contributed by atoms with Crippen molar-refractivity contribution in [3.05, 3.63) is 11.8 Å². The molecule has 0 aliphatic carbocycles. The third kappa shape index (κ3) is 7.43. The molecular formula is C6H12O2Si. The van der Waals surface area contributed by atoms with Gasteiger partial charge in [0.15, 0.2) is 0 Å². The van der Waals surface area contributed by atoms with Crippen LogP contribution in [0.15, 0.2) is 11.8 Å². The number of aliphatic carboxylic acids is 1. The lowest BCUT2D eigenvalue weighted by molar-refractivity contribution is -0.131. The molecule has 0 unspecified atom stereocenters. The van der Waals surface area contributed by atoms with E-state index in [1.54, 1.807) is 5.70 Å². The first-order valence-corrected chi connectivity index (χ1v) is 6.42. The Labute approximate surface area is 56.2 Å². The van der Waals surface area contributed by atoms with Crippen LogP contribution in [0.1, 0.15) is 0 Å². The summed E-state index contributed by atoms with van der Waals surface area (Å²) in [4.78, 5) is 9.98. The highest BCUT2D eigenvalue weighted by atomic mass is 28.3. The monoisotopic (exact) mass is 144 g/mol. The second kappa shape index (κ2) is 2.82. The predicted octanol–water partition coefficient (Wildman–Crippen LogP) is 1.50. The van der Waals surface area contributed by atoms with E-state index in [4.69, 9.17) is 5.11 Å². The highest BCUT2D eigenvalue weighted by Gasteiger charge is 2.07. The van der Waals surface area contributed by atoms with Crippen LogP contribution in [0, 0.1) is 0 Å². The smallest absolute Gasteiger partial charge is 0.327 e. The van der Waals surface area contributed by atoms with Gasteiger partial charge in [0.2, 0.25) is 0 Å². The minimum atomic E-state index is -1.28. The molecule has 0 fully saturated rings. The van der Waals surface area contributed by atoms with E-state index in [0.717, 1.165) is 0 Å². The zero-order valence-corrected chi connectivity index (χ0v) is 7.01. The Bertz CT molecular complexity index is 132. The summed E-state index contributed by atoms with van der Waals surface area (Å²) in [7, 11) is -1.28. The van der Waals surface area contributed by atoms with Gasteiger partial charge in [-0.05, 0) is 0 Å². The van der Waals surface area contributed by atoms with Gasteiger partial charge in [0.25, 0.3) is 0 Å². The molecule has 0 bridgehead atoms. The standard InChI is InChI=1S/C6H12O2Si/c1-9(2,3)5-4-6(7)8/h4-5H,1-3H3,(H,7,8)/b5-4+. The lowest BCUT2D eigenvalue weighted by Crippen LogP contribution is -2.16. The average Bonchev–Trinajstić information content (AvgIpc) is 1.59. The van der Waals surface area contributed by atoms with Crippen LogP contribution >= 0.6 is 0 Å². The molecule has 0 radical (unpaired) electrons. The predicted molar refractivity (Wildman–Crippen MR) is 40.1 cm³/mol. The van der Waals surface area contributed by atoms with Gasteiger partial charge < -0.3 is 5.11 Å². The van der Waals surface area contributed by atoms with Gasteiger partial charge in [0.1, 0.15) is 0 Å². The van der Waals surface area contributed by atoms with Gasteiger partial charge in [-0.2, -0.15) is 0 Å². The van der Waals surface area contributed by atoms with Crippen molar-refractivity contribution in [2.75, 3.05) is 0 Å². The van der Waals surface area contributed by atoms with E-state index in [0.29, 0.717) is 0 Å². The Balaban J connectivity index is 3.86. The second-order valence-corrected chi connectivity index (χ2v) is 8.10. The Morgan fingerprint density at radius 3 is 2.00 bits per heavy atom. The zero-order valence-electron chi connectivity index (χ0n) is 6.01. The van der Waals surface area contributed by atoms with Crippen molar-refractivity contribution in [1.29, 1.82) is 0 Å². The highest BCUT2D eigenvalue weighted by molar-refractivity contribution is 6.81. The lowest BCUT2D eigenvalue weighted by Gasteiger charge is -2.06. The molecule has 2 nitrogen and oxygen atoms in total. The van der Waals surface area contributed by atoms with Crippen molar-refractivity contribution in [3.8, 4) is 0 Å². The van der Waals surface area contributed by atoms with E-state index >= 15 is 0 Å². The zero-order chi connectivity index (χ0) is 7.49. The molecule has 0 aromatic heterocycles. The number of hydrogen-bond acceptors (Lipinski definition) is 1. The summed E-state index contributed by atoms with van der Waals surface area (Å²) in [6, 6.07) is 0. The molecule has 9 heavy (non-hydrogen) atoms. The summed E-state index contributed by atoms with van der Waals surface area (Å²) < 4.78 is 0.